The molecule has 25 heavy (non-hydrogen) atoms. The Morgan fingerprint density at radius 3 is 2.96 bits per heavy atom. The molecule has 2 N–H and O–H groups in total. The van der Waals surface area contributed by atoms with Gasteiger partial charge in [0.2, 0.25) is 0 Å². The molecular weight excluding hydrogens is 330 g/mol. The van der Waals surface area contributed by atoms with Gasteiger partial charge in [-0.15, -0.1) is 0 Å². The van der Waals surface area contributed by atoms with E-state index in [1.807, 2.05) is 24.9 Å². The van der Waals surface area contributed by atoms with Crippen molar-refractivity contribution in [2.75, 3.05) is 19.8 Å². The fourth-order valence-electron chi connectivity index (χ4n) is 3.60. The van der Waals surface area contributed by atoms with Gasteiger partial charge in [0, 0.05) is 31.4 Å². The van der Waals surface area contributed by atoms with Gasteiger partial charge in [-0.3, -0.25) is 4.99 Å². The molecule has 5 nitrogen and oxygen atoms in total. The predicted octanol–water partition coefficient (Wildman–Crippen LogP) is 3.18. The molecule has 0 radical (unpaired) electrons. The molecule has 1 aromatic carbocycles. The summed E-state index contributed by atoms with van der Waals surface area (Å²) in [6.45, 7) is 3.95. The van der Waals surface area contributed by atoms with E-state index in [0.717, 1.165) is 42.1 Å². The van der Waals surface area contributed by atoms with E-state index >= 15 is 0 Å². The number of nitrogens with one attached hydrogen (secondary N) is 2. The molecule has 0 bridgehead atoms. The first-order chi connectivity index (χ1) is 12.2. The molecule has 1 heterocycles. The molecule has 1 aliphatic rings. The number of guanidine groups is 1. The van der Waals surface area contributed by atoms with Crippen LogP contribution in [0.25, 0.3) is 11.0 Å². The minimum Gasteiger partial charge on any atom is -0.356 e. The van der Waals surface area contributed by atoms with Crippen LogP contribution >= 0.6 is 11.8 Å². The average Bonchev–Trinajstić information content (AvgIpc) is 3.21. The van der Waals surface area contributed by atoms with Crippen molar-refractivity contribution in [2.24, 2.45) is 4.99 Å². The average molecular weight is 360 g/mol. The Morgan fingerprint density at radius 1 is 1.36 bits per heavy atom. The van der Waals surface area contributed by atoms with Crippen LogP contribution in [-0.2, 0) is 6.54 Å². The third-order valence-corrected chi connectivity index (χ3v) is 6.07. The van der Waals surface area contributed by atoms with Gasteiger partial charge < -0.3 is 15.2 Å². The zero-order valence-corrected chi connectivity index (χ0v) is 16.3. The predicted molar refractivity (Wildman–Crippen MR) is 109 cm³/mol. The molecule has 1 aromatic heterocycles. The third-order valence-electron chi connectivity index (χ3n) is 4.98. The Hall–Kier alpha value is -1.69. The summed E-state index contributed by atoms with van der Waals surface area (Å²) in [6.07, 6.45) is 7.04. The summed E-state index contributed by atoms with van der Waals surface area (Å²) in [7, 11) is 1.85. The number of para-hydroxylation sites is 2. The fourth-order valence-corrected chi connectivity index (χ4v) is 4.39. The van der Waals surface area contributed by atoms with E-state index in [9.17, 15) is 0 Å². The van der Waals surface area contributed by atoms with Crippen LogP contribution in [0.5, 0.6) is 0 Å². The molecule has 1 saturated carbocycles. The SMILES string of the molecule is CN=C(NCCCn1c(C)nc2ccccc21)NC1CCC(SC)C1. The zero-order valence-electron chi connectivity index (χ0n) is 15.5. The standard InChI is InChI=1S/C19H29N5S/c1-14-22-17-7-4-5-8-18(17)24(14)12-6-11-21-19(20-2)23-15-9-10-16(13-15)25-3/h4-5,7-8,15-16H,6,9-13H2,1-3H3,(H2,20,21,23). The molecule has 6 heteroatoms. The summed E-state index contributed by atoms with van der Waals surface area (Å²) < 4.78 is 2.30. The molecule has 0 spiro atoms. The van der Waals surface area contributed by atoms with E-state index < -0.39 is 0 Å². The highest BCUT2D eigenvalue weighted by atomic mass is 32.2. The Labute approximate surface area is 154 Å². The van der Waals surface area contributed by atoms with Crippen molar-refractivity contribution >= 4 is 28.8 Å². The van der Waals surface area contributed by atoms with Gasteiger partial charge in [-0.05, 0) is 51.0 Å². The topological polar surface area (TPSA) is 54.2 Å². The first kappa shape index (κ1) is 18.1. The quantitative estimate of drug-likeness (QED) is 0.472. The number of thioether (sulfide) groups is 1. The van der Waals surface area contributed by atoms with Crippen molar-refractivity contribution in [3.63, 3.8) is 0 Å². The van der Waals surface area contributed by atoms with Crippen LogP contribution in [0.3, 0.4) is 0 Å². The van der Waals surface area contributed by atoms with Crippen LogP contribution in [0.4, 0.5) is 0 Å². The van der Waals surface area contributed by atoms with Crippen molar-refractivity contribution in [1.29, 1.82) is 0 Å². The minimum atomic E-state index is 0.559. The summed E-state index contributed by atoms with van der Waals surface area (Å²) in [6, 6.07) is 8.90. The van der Waals surface area contributed by atoms with Crippen molar-refractivity contribution < 1.29 is 0 Å². The number of fused-ring (bicyclic) bond motifs is 1. The number of hydrogen-bond acceptors (Lipinski definition) is 3. The van der Waals surface area contributed by atoms with Gasteiger partial charge in [-0.1, -0.05) is 12.1 Å². The van der Waals surface area contributed by atoms with Gasteiger partial charge >= 0.3 is 0 Å². The van der Waals surface area contributed by atoms with E-state index in [0.29, 0.717) is 6.04 Å². The number of benzene rings is 1. The lowest BCUT2D eigenvalue weighted by molar-refractivity contribution is 0.595. The van der Waals surface area contributed by atoms with E-state index in [1.165, 1.54) is 24.8 Å². The molecule has 136 valence electrons. The second-order valence-electron chi connectivity index (χ2n) is 6.66. The molecule has 1 fully saturated rings. The maximum atomic E-state index is 4.63. The van der Waals surface area contributed by atoms with Gasteiger partial charge in [0.15, 0.2) is 5.96 Å². The number of imidazole rings is 1. The molecule has 2 atom stereocenters. The summed E-state index contributed by atoms with van der Waals surface area (Å²) in [5.41, 5.74) is 2.30. The Balaban J connectivity index is 1.46. The third kappa shape index (κ3) is 4.48. The van der Waals surface area contributed by atoms with Gasteiger partial charge in [-0.25, -0.2) is 4.98 Å². The first-order valence-electron chi connectivity index (χ1n) is 9.13. The van der Waals surface area contributed by atoms with Crippen molar-refractivity contribution in [3.8, 4) is 0 Å². The van der Waals surface area contributed by atoms with Gasteiger partial charge in [0.05, 0.1) is 11.0 Å². The smallest absolute Gasteiger partial charge is 0.191 e. The fraction of sp³-hybridized carbons (Fsp3) is 0.579. The highest BCUT2D eigenvalue weighted by Gasteiger charge is 2.24. The normalized spacial score (nSPS) is 21.0. The number of nitrogens with zero attached hydrogens (tertiary/aromatic N) is 3. The Morgan fingerprint density at radius 2 is 2.20 bits per heavy atom. The van der Waals surface area contributed by atoms with Crippen LogP contribution in [0, 0.1) is 6.92 Å². The van der Waals surface area contributed by atoms with Gasteiger partial charge in [-0.2, -0.15) is 11.8 Å². The van der Waals surface area contributed by atoms with Crippen molar-refractivity contribution in [1.82, 2.24) is 20.2 Å². The second-order valence-corrected chi connectivity index (χ2v) is 7.80. The second kappa shape index (κ2) is 8.61. The molecule has 1 aliphatic carbocycles. The number of hydrogen-bond donors (Lipinski definition) is 2. The number of aromatic nitrogens is 2. The maximum Gasteiger partial charge on any atom is 0.191 e. The Kier molecular flexibility index (Phi) is 6.24. The molecule has 2 aromatic rings. The van der Waals surface area contributed by atoms with E-state index in [1.54, 1.807) is 0 Å². The molecule has 0 saturated heterocycles. The molecule has 0 aliphatic heterocycles. The first-order valence-corrected chi connectivity index (χ1v) is 10.4. The number of rotatable bonds is 6. The van der Waals surface area contributed by atoms with Crippen LogP contribution in [-0.4, -0.2) is 46.7 Å². The summed E-state index contributed by atoms with van der Waals surface area (Å²) >= 11 is 1.98. The number of aryl methyl sites for hydroxylation is 2. The summed E-state index contributed by atoms with van der Waals surface area (Å²) in [5.74, 6) is 2.01. The Bertz CT molecular complexity index is 724. The lowest BCUT2D eigenvalue weighted by Gasteiger charge is -2.17. The maximum absolute atomic E-state index is 4.63. The highest BCUT2D eigenvalue weighted by molar-refractivity contribution is 7.99. The lowest BCUT2D eigenvalue weighted by Crippen LogP contribution is -2.43. The lowest BCUT2D eigenvalue weighted by atomic mass is 10.2. The monoisotopic (exact) mass is 359 g/mol. The van der Waals surface area contributed by atoms with E-state index in [-0.39, 0.29) is 0 Å². The molecule has 0 amide bonds. The highest BCUT2D eigenvalue weighted by Crippen LogP contribution is 2.28. The van der Waals surface area contributed by atoms with Crippen LogP contribution in [0.1, 0.15) is 31.5 Å². The zero-order chi connectivity index (χ0) is 17.6. The minimum absolute atomic E-state index is 0.559. The number of aliphatic imine (C=N–C) groups is 1. The van der Waals surface area contributed by atoms with Crippen molar-refractivity contribution in [3.05, 3.63) is 30.1 Å². The summed E-state index contributed by atoms with van der Waals surface area (Å²) in [5, 5.41) is 7.83. The van der Waals surface area contributed by atoms with Crippen LogP contribution < -0.4 is 10.6 Å². The largest absolute Gasteiger partial charge is 0.356 e. The molecule has 2 unspecified atom stereocenters. The van der Waals surface area contributed by atoms with Gasteiger partial charge in [0.1, 0.15) is 5.82 Å². The van der Waals surface area contributed by atoms with Gasteiger partial charge in [0.25, 0.3) is 0 Å². The van der Waals surface area contributed by atoms with E-state index in [2.05, 4.69) is 56.6 Å². The van der Waals surface area contributed by atoms with E-state index in [4.69, 9.17) is 0 Å². The summed E-state index contributed by atoms with van der Waals surface area (Å²) in [4.78, 5) is 9.00. The van der Waals surface area contributed by atoms with Crippen molar-refractivity contribution in [2.45, 2.75) is 50.4 Å². The molecule has 3 rings (SSSR count). The molecular formula is C19H29N5S. The van der Waals surface area contributed by atoms with Crippen LogP contribution in [0.15, 0.2) is 29.3 Å². The van der Waals surface area contributed by atoms with Crippen LogP contribution in [0.2, 0.25) is 0 Å².